The number of benzene rings is 1. The van der Waals surface area contributed by atoms with Gasteiger partial charge in [0.1, 0.15) is 0 Å². The zero-order valence-electron chi connectivity index (χ0n) is 19.4. The van der Waals surface area contributed by atoms with Crippen LogP contribution in [-0.2, 0) is 4.79 Å². The number of amides is 2. The van der Waals surface area contributed by atoms with Crippen molar-refractivity contribution >= 4 is 22.7 Å². The fourth-order valence-corrected chi connectivity index (χ4v) is 4.61. The van der Waals surface area contributed by atoms with Gasteiger partial charge < -0.3 is 10.2 Å². The number of nitrogens with zero attached hydrogens (tertiary/aromatic N) is 3. The van der Waals surface area contributed by atoms with Crippen LogP contribution in [0.25, 0.3) is 22.2 Å². The van der Waals surface area contributed by atoms with E-state index >= 15 is 0 Å². The molecule has 5 rings (SSSR count). The lowest BCUT2D eigenvalue weighted by Crippen LogP contribution is -2.34. The topological polar surface area (TPSA) is 91.0 Å². The molecule has 2 N–H and O–H groups in total. The molecule has 0 radical (unpaired) electrons. The molecule has 2 atom stereocenters. The van der Waals surface area contributed by atoms with Crippen LogP contribution >= 0.6 is 0 Å². The average molecular weight is 466 g/mol. The summed E-state index contributed by atoms with van der Waals surface area (Å²) in [6.45, 7) is 8.99. The molecule has 7 heteroatoms. The highest BCUT2D eigenvalue weighted by Gasteiger charge is 2.28. The molecule has 1 saturated heterocycles. The van der Waals surface area contributed by atoms with Crippen LogP contribution in [0.1, 0.15) is 34.8 Å². The van der Waals surface area contributed by atoms with Gasteiger partial charge in [0.25, 0.3) is 5.91 Å². The van der Waals surface area contributed by atoms with E-state index in [2.05, 4.69) is 28.7 Å². The van der Waals surface area contributed by atoms with Gasteiger partial charge >= 0.3 is 0 Å². The van der Waals surface area contributed by atoms with Crippen molar-refractivity contribution in [3.8, 4) is 11.3 Å². The molecule has 1 aliphatic heterocycles. The Morgan fingerprint density at radius 3 is 2.83 bits per heavy atom. The fourth-order valence-electron chi connectivity index (χ4n) is 4.61. The van der Waals surface area contributed by atoms with Crippen molar-refractivity contribution in [1.82, 2.24) is 25.4 Å². The highest BCUT2D eigenvalue weighted by Crippen LogP contribution is 2.32. The Balaban J connectivity index is 1.39. The predicted octanol–water partition coefficient (Wildman–Crippen LogP) is 4.30. The predicted molar refractivity (Wildman–Crippen MR) is 137 cm³/mol. The summed E-state index contributed by atoms with van der Waals surface area (Å²) in [7, 11) is 0. The van der Waals surface area contributed by atoms with E-state index in [0.29, 0.717) is 18.7 Å². The Kier molecular flexibility index (Phi) is 6.14. The molecule has 1 fully saturated rings. The summed E-state index contributed by atoms with van der Waals surface area (Å²) in [5.41, 5.74) is 4.96. The summed E-state index contributed by atoms with van der Waals surface area (Å²) >= 11 is 0. The number of hydrogen-bond acceptors (Lipinski definition) is 4. The van der Waals surface area contributed by atoms with Crippen LogP contribution < -0.4 is 5.32 Å². The second-order valence-electron chi connectivity index (χ2n) is 8.91. The van der Waals surface area contributed by atoms with Gasteiger partial charge in [-0.25, -0.2) is 0 Å². The van der Waals surface area contributed by atoms with Gasteiger partial charge in [-0.1, -0.05) is 49.6 Å². The minimum Gasteiger partial charge on any atom is -0.342 e. The number of carbonyl (C=O) groups excluding carboxylic acids is 2. The fraction of sp³-hybridized carbons (Fsp3) is 0.214. The zero-order chi connectivity index (χ0) is 24.4. The first-order valence-corrected chi connectivity index (χ1v) is 11.7. The lowest BCUT2D eigenvalue weighted by atomic mass is 10.00. The molecule has 2 aliphatic rings. The van der Waals surface area contributed by atoms with E-state index in [1.54, 1.807) is 11.1 Å². The van der Waals surface area contributed by atoms with Crippen LogP contribution in [0.3, 0.4) is 0 Å². The first kappa shape index (κ1) is 22.5. The lowest BCUT2D eigenvalue weighted by molar-refractivity contribution is -0.125. The van der Waals surface area contributed by atoms with Gasteiger partial charge in [-0.2, -0.15) is 5.10 Å². The van der Waals surface area contributed by atoms with E-state index in [1.165, 1.54) is 6.08 Å². The Morgan fingerprint density at radius 1 is 1.20 bits per heavy atom. The smallest absolute Gasteiger partial charge is 0.251 e. The van der Waals surface area contributed by atoms with Gasteiger partial charge in [-0.05, 0) is 42.7 Å². The second-order valence-corrected chi connectivity index (χ2v) is 8.91. The van der Waals surface area contributed by atoms with Crippen LogP contribution in [0, 0.1) is 0 Å². The summed E-state index contributed by atoms with van der Waals surface area (Å²) in [6.07, 6.45) is 12.6. The van der Waals surface area contributed by atoms with Gasteiger partial charge in [-0.15, -0.1) is 0 Å². The molecule has 3 aromatic rings. The summed E-state index contributed by atoms with van der Waals surface area (Å²) < 4.78 is 0. The van der Waals surface area contributed by atoms with E-state index in [9.17, 15) is 9.59 Å². The van der Waals surface area contributed by atoms with Gasteiger partial charge in [0.05, 0.1) is 23.4 Å². The maximum Gasteiger partial charge on any atom is 0.251 e. The first-order chi connectivity index (χ1) is 17.0. The highest BCUT2D eigenvalue weighted by atomic mass is 16.2. The minimum absolute atomic E-state index is 0.0508. The van der Waals surface area contributed by atoms with E-state index in [4.69, 9.17) is 4.98 Å². The van der Waals surface area contributed by atoms with Gasteiger partial charge in [0.15, 0.2) is 0 Å². The molecule has 2 aromatic heterocycles. The number of pyridine rings is 1. The number of allylic oxidation sites excluding steroid dienone is 3. The van der Waals surface area contributed by atoms with Crippen molar-refractivity contribution in [3.63, 3.8) is 0 Å². The van der Waals surface area contributed by atoms with Gasteiger partial charge in [0, 0.05) is 41.2 Å². The maximum atomic E-state index is 12.9. The van der Waals surface area contributed by atoms with Crippen LogP contribution in [0.15, 0.2) is 85.6 Å². The van der Waals surface area contributed by atoms with E-state index in [-0.39, 0.29) is 23.8 Å². The highest BCUT2D eigenvalue weighted by molar-refractivity contribution is 5.96. The van der Waals surface area contributed by atoms with Gasteiger partial charge in [0.2, 0.25) is 5.91 Å². The lowest BCUT2D eigenvalue weighted by Gasteiger charge is -2.16. The van der Waals surface area contributed by atoms with Crippen molar-refractivity contribution in [2.45, 2.75) is 24.8 Å². The Labute approximate surface area is 203 Å². The summed E-state index contributed by atoms with van der Waals surface area (Å²) in [6, 6.07) is 9.27. The number of aromatic amines is 1. The molecular weight excluding hydrogens is 438 g/mol. The third kappa shape index (κ3) is 4.57. The number of fused-ring (bicyclic) bond motifs is 1. The number of nitrogens with one attached hydrogen (secondary N) is 2. The normalized spacial score (nSPS) is 19.7. The monoisotopic (exact) mass is 465 g/mol. The van der Waals surface area contributed by atoms with Crippen molar-refractivity contribution in [1.29, 1.82) is 0 Å². The molecule has 0 spiro atoms. The Bertz CT molecular complexity index is 1370. The second kappa shape index (κ2) is 9.54. The van der Waals surface area contributed by atoms with Crippen molar-refractivity contribution < 1.29 is 9.59 Å². The standard InChI is InChI=1S/C28H27N5O2/c1-3-25(34)33-14-13-21(17-33)24-15-22-16-29-32-27(22)26(30-24)19-9-11-20(12-10-19)28(35)31-23-8-6-4-5-7-18(23)2/h3-6,8-12,15-16,21,23H,1-2,7,13-14,17H2,(H,29,32)(H,31,35). The van der Waals surface area contributed by atoms with Crippen LogP contribution in [0.4, 0.5) is 0 Å². The molecule has 0 bridgehead atoms. The van der Waals surface area contributed by atoms with Gasteiger partial charge in [-0.3, -0.25) is 19.7 Å². The van der Waals surface area contributed by atoms with E-state index < -0.39 is 0 Å². The van der Waals surface area contributed by atoms with Crippen molar-refractivity contribution in [2.24, 2.45) is 0 Å². The molecule has 35 heavy (non-hydrogen) atoms. The molecule has 7 nitrogen and oxygen atoms in total. The summed E-state index contributed by atoms with van der Waals surface area (Å²) in [5.74, 6) is -0.0528. The number of aromatic nitrogens is 3. The van der Waals surface area contributed by atoms with Crippen molar-refractivity contribution in [3.05, 3.63) is 96.9 Å². The molecule has 0 saturated carbocycles. The molecule has 1 aliphatic carbocycles. The number of H-pyrrole nitrogens is 1. The molecule has 176 valence electrons. The number of rotatable bonds is 5. The Morgan fingerprint density at radius 2 is 2.03 bits per heavy atom. The first-order valence-electron chi connectivity index (χ1n) is 11.7. The van der Waals surface area contributed by atoms with Crippen LogP contribution in [-0.4, -0.2) is 51.0 Å². The molecule has 1 aromatic carbocycles. The maximum absolute atomic E-state index is 12.9. The summed E-state index contributed by atoms with van der Waals surface area (Å²) in [4.78, 5) is 31.7. The third-order valence-electron chi connectivity index (χ3n) is 6.62. The zero-order valence-corrected chi connectivity index (χ0v) is 19.4. The number of likely N-dealkylation sites (tertiary alicyclic amines) is 1. The largest absolute Gasteiger partial charge is 0.342 e. The van der Waals surface area contributed by atoms with E-state index in [0.717, 1.165) is 46.3 Å². The third-order valence-corrected chi connectivity index (χ3v) is 6.62. The minimum atomic E-state index is -0.195. The number of hydrogen-bond donors (Lipinski definition) is 2. The Hall–Kier alpha value is -4.26. The molecule has 3 heterocycles. The quantitative estimate of drug-likeness (QED) is 0.434. The van der Waals surface area contributed by atoms with E-state index in [1.807, 2.05) is 54.6 Å². The summed E-state index contributed by atoms with van der Waals surface area (Å²) in [5, 5.41) is 11.3. The van der Waals surface area contributed by atoms with Crippen molar-refractivity contribution in [2.75, 3.05) is 13.1 Å². The van der Waals surface area contributed by atoms with Crippen LogP contribution in [0.5, 0.6) is 0 Å². The van der Waals surface area contributed by atoms with Crippen LogP contribution in [0.2, 0.25) is 0 Å². The average Bonchev–Trinajstić information content (AvgIpc) is 3.52. The SMILES string of the molecule is C=CC(=O)N1CCC(c2cc3cn[nH]c3c(-c3ccc(C(=O)NC4C=CC=CCC4=C)cc3)n2)C1. The number of carbonyl (C=O) groups is 2. The molecule has 2 amide bonds. The molecular formula is C28H27N5O2. The molecule has 2 unspecified atom stereocenters.